The summed E-state index contributed by atoms with van der Waals surface area (Å²) in [6, 6.07) is 14.7. The second kappa shape index (κ2) is 8.28. The lowest BCUT2D eigenvalue weighted by Gasteiger charge is -2.27. The largest absolute Gasteiger partial charge is 0.297 e. The highest BCUT2D eigenvalue weighted by atomic mass is 35.5. The maximum Gasteiger partial charge on any atom is 0.244 e. The first kappa shape index (κ1) is 19.6. The molecule has 1 fully saturated rings. The molecule has 0 aromatic heterocycles. The Bertz CT molecular complexity index is 859. The minimum Gasteiger partial charge on any atom is -0.297 e. The molecule has 1 heterocycles. The molecule has 1 aliphatic heterocycles. The molecule has 0 N–H and O–H groups in total. The lowest BCUT2D eigenvalue weighted by molar-refractivity contribution is 0.285. The molecule has 1 saturated heterocycles. The van der Waals surface area contributed by atoms with Gasteiger partial charge in [-0.2, -0.15) is 4.31 Å². The standard InChI is InChI=1S/C19H22Cl2N2O2S/c1-2-23(26(24,25)19-12-16(20)8-9-18(19)21)17-10-11-22(14-17)13-15-6-4-3-5-7-15/h3-9,12,17H,2,10-11,13-14H2,1H3. The SMILES string of the molecule is CCN(C1CCN(Cc2ccccc2)C1)S(=O)(=O)c1cc(Cl)ccc1Cl. The number of hydrogen-bond acceptors (Lipinski definition) is 3. The summed E-state index contributed by atoms with van der Waals surface area (Å²) in [7, 11) is -3.69. The minimum atomic E-state index is -3.69. The van der Waals surface area contributed by atoms with Crippen LogP contribution in [0.15, 0.2) is 53.4 Å². The van der Waals surface area contributed by atoms with Crippen molar-refractivity contribution >= 4 is 33.2 Å². The van der Waals surface area contributed by atoms with Gasteiger partial charge in [0.1, 0.15) is 4.90 Å². The van der Waals surface area contributed by atoms with E-state index in [0.717, 1.165) is 19.5 Å². The van der Waals surface area contributed by atoms with Crippen LogP contribution in [0.25, 0.3) is 0 Å². The van der Waals surface area contributed by atoms with Gasteiger partial charge in [-0.3, -0.25) is 4.90 Å². The molecule has 0 saturated carbocycles. The van der Waals surface area contributed by atoms with Crippen LogP contribution in [0, 0.1) is 0 Å². The van der Waals surface area contributed by atoms with Crippen LogP contribution >= 0.6 is 23.2 Å². The number of rotatable bonds is 6. The van der Waals surface area contributed by atoms with Crippen molar-refractivity contribution in [2.75, 3.05) is 19.6 Å². The van der Waals surface area contributed by atoms with E-state index in [0.29, 0.717) is 18.1 Å². The van der Waals surface area contributed by atoms with Crippen molar-refractivity contribution in [1.29, 1.82) is 0 Å². The minimum absolute atomic E-state index is 0.0660. The van der Waals surface area contributed by atoms with E-state index in [9.17, 15) is 8.42 Å². The first-order chi connectivity index (χ1) is 12.4. The lowest BCUT2D eigenvalue weighted by atomic mass is 10.2. The summed E-state index contributed by atoms with van der Waals surface area (Å²) in [6.45, 7) is 4.66. The average Bonchev–Trinajstić information content (AvgIpc) is 3.06. The van der Waals surface area contributed by atoms with Crippen molar-refractivity contribution < 1.29 is 8.42 Å². The van der Waals surface area contributed by atoms with Crippen LogP contribution in [0.4, 0.5) is 0 Å². The fourth-order valence-electron chi connectivity index (χ4n) is 3.46. The van der Waals surface area contributed by atoms with Crippen molar-refractivity contribution in [3.8, 4) is 0 Å². The first-order valence-electron chi connectivity index (χ1n) is 8.65. The quantitative estimate of drug-likeness (QED) is 0.710. The third kappa shape index (κ3) is 4.24. The highest BCUT2D eigenvalue weighted by Gasteiger charge is 2.35. The summed E-state index contributed by atoms with van der Waals surface area (Å²) in [6.07, 6.45) is 0.804. The molecule has 0 bridgehead atoms. The van der Waals surface area contributed by atoms with Gasteiger partial charge in [-0.1, -0.05) is 60.5 Å². The number of nitrogens with zero attached hydrogens (tertiary/aromatic N) is 2. The Morgan fingerprint density at radius 3 is 2.58 bits per heavy atom. The van der Waals surface area contributed by atoms with E-state index in [1.807, 2.05) is 25.1 Å². The fraction of sp³-hybridized carbons (Fsp3) is 0.368. The second-order valence-corrected chi connectivity index (χ2v) is 9.15. The summed E-state index contributed by atoms with van der Waals surface area (Å²) in [4.78, 5) is 2.37. The molecule has 0 radical (unpaired) electrons. The van der Waals surface area contributed by atoms with Gasteiger partial charge < -0.3 is 0 Å². The molecule has 140 valence electrons. The molecule has 0 amide bonds. The van der Waals surface area contributed by atoms with Crippen LogP contribution in [-0.2, 0) is 16.6 Å². The highest BCUT2D eigenvalue weighted by Crippen LogP contribution is 2.30. The summed E-state index contributed by atoms with van der Waals surface area (Å²) in [5.74, 6) is 0. The zero-order chi connectivity index (χ0) is 18.7. The average molecular weight is 413 g/mol. The Morgan fingerprint density at radius 1 is 1.15 bits per heavy atom. The van der Waals surface area contributed by atoms with Crippen LogP contribution in [0.3, 0.4) is 0 Å². The normalized spacial score (nSPS) is 18.5. The van der Waals surface area contributed by atoms with Crippen molar-refractivity contribution in [2.45, 2.75) is 30.8 Å². The topological polar surface area (TPSA) is 40.6 Å². The van der Waals surface area contributed by atoms with Gasteiger partial charge in [0.25, 0.3) is 0 Å². The van der Waals surface area contributed by atoms with Gasteiger partial charge in [-0.05, 0) is 30.2 Å². The predicted octanol–water partition coefficient (Wildman–Crippen LogP) is 4.28. The Morgan fingerprint density at radius 2 is 1.88 bits per heavy atom. The maximum absolute atomic E-state index is 13.2. The highest BCUT2D eigenvalue weighted by molar-refractivity contribution is 7.89. The molecule has 0 spiro atoms. The summed E-state index contributed by atoms with van der Waals surface area (Å²) >= 11 is 12.1. The molecular formula is C19H22Cl2N2O2S. The zero-order valence-electron chi connectivity index (χ0n) is 14.6. The van der Waals surface area contributed by atoms with Gasteiger partial charge in [-0.25, -0.2) is 8.42 Å². The number of likely N-dealkylation sites (N-methyl/N-ethyl adjacent to an activating group) is 1. The first-order valence-corrected chi connectivity index (χ1v) is 10.8. The van der Waals surface area contributed by atoms with Crippen molar-refractivity contribution in [3.05, 3.63) is 64.1 Å². The van der Waals surface area contributed by atoms with Gasteiger partial charge in [-0.15, -0.1) is 0 Å². The van der Waals surface area contributed by atoms with Crippen molar-refractivity contribution in [1.82, 2.24) is 9.21 Å². The van der Waals surface area contributed by atoms with E-state index < -0.39 is 10.0 Å². The Balaban J connectivity index is 1.77. The van der Waals surface area contributed by atoms with Gasteiger partial charge in [0, 0.05) is 37.2 Å². The maximum atomic E-state index is 13.2. The molecule has 1 unspecified atom stereocenters. The molecule has 2 aromatic rings. The third-order valence-electron chi connectivity index (χ3n) is 4.70. The molecular weight excluding hydrogens is 391 g/mol. The summed E-state index contributed by atoms with van der Waals surface area (Å²) in [5.41, 5.74) is 1.23. The number of hydrogen-bond donors (Lipinski definition) is 0. The molecule has 7 heteroatoms. The number of benzene rings is 2. The zero-order valence-corrected chi connectivity index (χ0v) is 16.9. The van der Waals surface area contributed by atoms with Crippen molar-refractivity contribution in [2.24, 2.45) is 0 Å². The van der Waals surface area contributed by atoms with Gasteiger partial charge in [0.2, 0.25) is 10.0 Å². The Kier molecular flexibility index (Phi) is 6.25. The number of sulfonamides is 1. The van der Waals surface area contributed by atoms with E-state index >= 15 is 0 Å². The van der Waals surface area contributed by atoms with Crippen LogP contribution < -0.4 is 0 Å². The molecule has 26 heavy (non-hydrogen) atoms. The second-order valence-electron chi connectivity index (χ2n) is 6.45. The van der Waals surface area contributed by atoms with Gasteiger partial charge in [0.05, 0.1) is 5.02 Å². The number of halogens is 2. The third-order valence-corrected chi connectivity index (χ3v) is 7.44. The van der Waals surface area contributed by atoms with Gasteiger partial charge >= 0.3 is 0 Å². The molecule has 2 aromatic carbocycles. The Hall–Kier alpha value is -1.11. The van der Waals surface area contributed by atoms with E-state index in [2.05, 4.69) is 17.0 Å². The van der Waals surface area contributed by atoms with E-state index in [1.165, 1.54) is 17.7 Å². The molecule has 4 nitrogen and oxygen atoms in total. The van der Waals surface area contributed by atoms with Gasteiger partial charge in [0.15, 0.2) is 0 Å². The molecule has 1 atom stereocenters. The lowest BCUT2D eigenvalue weighted by Crippen LogP contribution is -2.41. The van der Waals surface area contributed by atoms with E-state index in [1.54, 1.807) is 10.4 Å². The molecule has 0 aliphatic carbocycles. The summed E-state index contributed by atoms with van der Waals surface area (Å²) in [5, 5.41) is 0.563. The molecule has 1 aliphatic rings. The summed E-state index contributed by atoms with van der Waals surface area (Å²) < 4.78 is 27.9. The monoisotopic (exact) mass is 412 g/mol. The van der Waals surface area contributed by atoms with Crippen LogP contribution in [0.2, 0.25) is 10.0 Å². The van der Waals surface area contributed by atoms with Crippen LogP contribution in [-0.4, -0.2) is 43.3 Å². The predicted molar refractivity (Wildman–Crippen MR) is 106 cm³/mol. The fourth-order valence-corrected chi connectivity index (χ4v) is 5.85. The van der Waals surface area contributed by atoms with E-state index in [-0.39, 0.29) is 16.0 Å². The van der Waals surface area contributed by atoms with Crippen LogP contribution in [0.1, 0.15) is 18.9 Å². The van der Waals surface area contributed by atoms with E-state index in [4.69, 9.17) is 23.2 Å². The Labute approximate surface area is 165 Å². The van der Waals surface area contributed by atoms with Crippen molar-refractivity contribution in [3.63, 3.8) is 0 Å². The molecule has 3 rings (SSSR count). The van der Waals surface area contributed by atoms with Crippen LogP contribution in [0.5, 0.6) is 0 Å². The smallest absolute Gasteiger partial charge is 0.244 e. The number of likely N-dealkylation sites (tertiary alicyclic amines) is 1.